The number of para-hydroxylation sites is 2. The van der Waals surface area contributed by atoms with Gasteiger partial charge < -0.3 is 15.4 Å². The van der Waals surface area contributed by atoms with Crippen molar-refractivity contribution in [3.05, 3.63) is 66.7 Å². The fraction of sp³-hybridized carbons (Fsp3) is 0.150. The maximum atomic E-state index is 12.4. The fourth-order valence-electron chi connectivity index (χ4n) is 2.58. The Morgan fingerprint density at radius 3 is 2.46 bits per heavy atom. The van der Waals surface area contributed by atoms with Crippen LogP contribution in [-0.2, 0) is 4.79 Å². The van der Waals surface area contributed by atoms with Crippen molar-refractivity contribution in [1.82, 2.24) is 0 Å². The number of benzene rings is 3. The van der Waals surface area contributed by atoms with E-state index in [4.69, 9.17) is 4.74 Å². The third-order valence-electron chi connectivity index (χ3n) is 3.89. The Morgan fingerprint density at radius 2 is 1.67 bits per heavy atom. The van der Waals surface area contributed by atoms with Gasteiger partial charge in [-0.15, -0.1) is 0 Å². The van der Waals surface area contributed by atoms with E-state index in [1.807, 2.05) is 61.5 Å². The van der Waals surface area contributed by atoms with Gasteiger partial charge >= 0.3 is 0 Å². The molecule has 1 amide bonds. The van der Waals surface area contributed by atoms with Gasteiger partial charge in [-0.05, 0) is 42.0 Å². The quantitative estimate of drug-likeness (QED) is 0.737. The molecule has 0 radical (unpaired) electrons. The molecule has 0 saturated heterocycles. The first kappa shape index (κ1) is 15.9. The van der Waals surface area contributed by atoms with Gasteiger partial charge in [0, 0.05) is 5.69 Å². The van der Waals surface area contributed by atoms with Crippen LogP contribution in [-0.4, -0.2) is 19.1 Å². The average molecular weight is 320 g/mol. The molecule has 4 nitrogen and oxygen atoms in total. The number of rotatable bonds is 5. The van der Waals surface area contributed by atoms with E-state index in [9.17, 15) is 4.79 Å². The molecule has 0 saturated carbocycles. The number of ether oxygens (including phenoxy) is 1. The molecule has 3 rings (SSSR count). The third kappa shape index (κ3) is 3.49. The summed E-state index contributed by atoms with van der Waals surface area (Å²) >= 11 is 0. The molecule has 0 aliphatic heterocycles. The lowest BCUT2D eigenvalue weighted by Crippen LogP contribution is -2.31. The summed E-state index contributed by atoms with van der Waals surface area (Å²) in [7, 11) is 1.59. The van der Waals surface area contributed by atoms with Gasteiger partial charge in [-0.25, -0.2) is 0 Å². The van der Waals surface area contributed by atoms with Gasteiger partial charge in [-0.2, -0.15) is 0 Å². The number of fused-ring (bicyclic) bond motifs is 1. The predicted octanol–water partition coefficient (Wildman–Crippen LogP) is 4.29. The van der Waals surface area contributed by atoms with Crippen LogP contribution in [0, 0.1) is 0 Å². The van der Waals surface area contributed by atoms with Crippen molar-refractivity contribution in [2.75, 3.05) is 17.7 Å². The molecule has 0 spiro atoms. The second-order valence-electron chi connectivity index (χ2n) is 5.62. The van der Waals surface area contributed by atoms with Gasteiger partial charge in [0.05, 0.1) is 12.8 Å². The lowest BCUT2D eigenvalue weighted by atomic mass is 10.1. The van der Waals surface area contributed by atoms with Gasteiger partial charge in [0.2, 0.25) is 5.91 Å². The highest BCUT2D eigenvalue weighted by molar-refractivity contribution is 5.97. The number of amides is 1. The van der Waals surface area contributed by atoms with Gasteiger partial charge in [-0.3, -0.25) is 4.79 Å². The van der Waals surface area contributed by atoms with Crippen LogP contribution in [0.15, 0.2) is 66.7 Å². The zero-order chi connectivity index (χ0) is 16.9. The maximum Gasteiger partial charge on any atom is 0.246 e. The minimum atomic E-state index is -0.379. The summed E-state index contributed by atoms with van der Waals surface area (Å²) in [6, 6.07) is 21.2. The standard InChI is InChI=1S/C20H20N2O2/c1-14(20(23)22-18-9-5-6-10-19(18)24-2)21-17-12-11-15-7-3-4-8-16(15)13-17/h3-14,21H,1-2H3,(H,22,23)/t14-/m0/s1. The van der Waals surface area contributed by atoms with E-state index in [1.165, 1.54) is 5.39 Å². The number of carbonyl (C=O) groups excluding carboxylic acids is 1. The first-order chi connectivity index (χ1) is 11.7. The molecule has 4 heteroatoms. The van der Waals surface area contributed by atoms with E-state index in [2.05, 4.69) is 22.8 Å². The summed E-state index contributed by atoms with van der Waals surface area (Å²) < 4.78 is 5.26. The lowest BCUT2D eigenvalue weighted by molar-refractivity contribution is -0.116. The zero-order valence-electron chi connectivity index (χ0n) is 13.7. The Balaban J connectivity index is 1.71. The van der Waals surface area contributed by atoms with Crippen molar-refractivity contribution >= 4 is 28.1 Å². The van der Waals surface area contributed by atoms with Crippen LogP contribution in [0.2, 0.25) is 0 Å². The fourth-order valence-corrected chi connectivity index (χ4v) is 2.58. The summed E-state index contributed by atoms with van der Waals surface area (Å²) in [5.74, 6) is 0.524. The third-order valence-corrected chi connectivity index (χ3v) is 3.89. The minimum absolute atomic E-state index is 0.118. The molecule has 0 aliphatic carbocycles. The van der Waals surface area contributed by atoms with Gasteiger partial charge in [0.25, 0.3) is 0 Å². The van der Waals surface area contributed by atoms with Crippen molar-refractivity contribution in [2.45, 2.75) is 13.0 Å². The van der Waals surface area contributed by atoms with Gasteiger partial charge in [-0.1, -0.05) is 42.5 Å². The number of anilines is 2. The molecule has 0 heterocycles. The Kier molecular flexibility index (Phi) is 4.66. The Bertz CT molecular complexity index is 861. The number of hydrogen-bond donors (Lipinski definition) is 2. The molecule has 3 aromatic carbocycles. The molecule has 1 atom stereocenters. The highest BCUT2D eigenvalue weighted by atomic mass is 16.5. The molecule has 2 N–H and O–H groups in total. The van der Waals surface area contributed by atoms with E-state index >= 15 is 0 Å². The van der Waals surface area contributed by atoms with Crippen molar-refractivity contribution in [3.63, 3.8) is 0 Å². The van der Waals surface area contributed by atoms with Crippen LogP contribution in [0.25, 0.3) is 10.8 Å². The highest BCUT2D eigenvalue weighted by Crippen LogP contribution is 2.24. The molecule has 0 fully saturated rings. The Labute approximate surface area is 141 Å². The van der Waals surface area contributed by atoms with Crippen molar-refractivity contribution in [1.29, 1.82) is 0 Å². The molecular weight excluding hydrogens is 300 g/mol. The van der Waals surface area contributed by atoms with Crippen LogP contribution in [0.1, 0.15) is 6.92 Å². The van der Waals surface area contributed by atoms with Crippen LogP contribution in [0.3, 0.4) is 0 Å². The van der Waals surface area contributed by atoms with E-state index in [1.54, 1.807) is 7.11 Å². The van der Waals surface area contributed by atoms with Crippen LogP contribution in [0.5, 0.6) is 5.75 Å². The number of hydrogen-bond acceptors (Lipinski definition) is 3. The van der Waals surface area contributed by atoms with E-state index in [-0.39, 0.29) is 11.9 Å². The monoisotopic (exact) mass is 320 g/mol. The van der Waals surface area contributed by atoms with E-state index < -0.39 is 0 Å². The second kappa shape index (κ2) is 7.04. The molecule has 122 valence electrons. The largest absolute Gasteiger partial charge is 0.495 e. The summed E-state index contributed by atoms with van der Waals surface area (Å²) in [5.41, 5.74) is 1.58. The summed E-state index contributed by atoms with van der Waals surface area (Å²) in [6.07, 6.45) is 0. The van der Waals surface area contributed by atoms with Crippen LogP contribution < -0.4 is 15.4 Å². The number of carbonyl (C=O) groups is 1. The average Bonchev–Trinajstić information content (AvgIpc) is 2.62. The Hall–Kier alpha value is -3.01. The molecule has 0 bridgehead atoms. The van der Waals surface area contributed by atoms with Crippen LogP contribution in [0.4, 0.5) is 11.4 Å². The summed E-state index contributed by atoms with van der Waals surface area (Å²) in [4.78, 5) is 12.4. The molecular formula is C20H20N2O2. The van der Waals surface area contributed by atoms with E-state index in [0.717, 1.165) is 11.1 Å². The lowest BCUT2D eigenvalue weighted by Gasteiger charge is -2.17. The topological polar surface area (TPSA) is 50.4 Å². The molecule has 3 aromatic rings. The minimum Gasteiger partial charge on any atom is -0.495 e. The van der Waals surface area contributed by atoms with Gasteiger partial charge in [0.1, 0.15) is 11.8 Å². The second-order valence-corrected chi connectivity index (χ2v) is 5.62. The molecule has 24 heavy (non-hydrogen) atoms. The van der Waals surface area contributed by atoms with Gasteiger partial charge in [0.15, 0.2) is 0 Å². The Morgan fingerprint density at radius 1 is 0.958 bits per heavy atom. The first-order valence-corrected chi connectivity index (χ1v) is 7.86. The van der Waals surface area contributed by atoms with Crippen molar-refractivity contribution < 1.29 is 9.53 Å². The first-order valence-electron chi connectivity index (χ1n) is 7.86. The number of methoxy groups -OCH3 is 1. The normalized spacial score (nSPS) is 11.8. The number of nitrogens with one attached hydrogen (secondary N) is 2. The van der Waals surface area contributed by atoms with Crippen molar-refractivity contribution in [2.24, 2.45) is 0 Å². The molecule has 0 aromatic heterocycles. The molecule has 0 aliphatic rings. The van der Waals surface area contributed by atoms with Crippen molar-refractivity contribution in [3.8, 4) is 5.75 Å². The summed E-state index contributed by atoms with van der Waals surface area (Å²) in [5, 5.41) is 8.44. The molecule has 0 unspecified atom stereocenters. The zero-order valence-corrected chi connectivity index (χ0v) is 13.7. The van der Waals surface area contributed by atoms with Crippen LogP contribution >= 0.6 is 0 Å². The highest BCUT2D eigenvalue weighted by Gasteiger charge is 2.14. The van der Waals surface area contributed by atoms with E-state index in [0.29, 0.717) is 11.4 Å². The SMILES string of the molecule is COc1ccccc1NC(=O)[C@H](C)Nc1ccc2ccccc2c1. The summed E-state index contributed by atoms with van der Waals surface area (Å²) in [6.45, 7) is 1.83. The predicted molar refractivity (Wildman–Crippen MR) is 98.7 cm³/mol. The maximum absolute atomic E-state index is 12.4. The smallest absolute Gasteiger partial charge is 0.246 e.